The Hall–Kier alpha value is -2.35. The minimum Gasteiger partial charge on any atom is -0.457 e. The van der Waals surface area contributed by atoms with Crippen molar-refractivity contribution in [2.45, 2.75) is 6.61 Å². The number of esters is 1. The summed E-state index contributed by atoms with van der Waals surface area (Å²) in [5.74, 6) is -1.53. The highest BCUT2D eigenvalue weighted by Gasteiger charge is 2.43. The predicted molar refractivity (Wildman–Crippen MR) is 97.1 cm³/mol. The first kappa shape index (κ1) is 18.4. The van der Waals surface area contributed by atoms with Gasteiger partial charge in [0.1, 0.15) is 11.6 Å². The van der Waals surface area contributed by atoms with E-state index in [1.165, 1.54) is 24.3 Å². The van der Waals surface area contributed by atoms with Crippen LogP contribution >= 0.6 is 23.2 Å². The lowest BCUT2D eigenvalue weighted by atomic mass is 10.2. The second-order valence-electron chi connectivity index (χ2n) is 5.27. The Bertz CT molecular complexity index is 1000. The third-order valence-electron chi connectivity index (χ3n) is 3.56. The zero-order valence-corrected chi connectivity index (χ0v) is 15.4. The Labute approximate surface area is 159 Å². The number of hydrogen-bond acceptors (Lipinski definition) is 5. The summed E-state index contributed by atoms with van der Waals surface area (Å²) in [6.07, 6.45) is 0. The molecule has 0 saturated heterocycles. The van der Waals surface area contributed by atoms with E-state index in [1.54, 1.807) is 0 Å². The molecule has 0 fully saturated rings. The van der Waals surface area contributed by atoms with E-state index in [9.17, 15) is 18.0 Å². The summed E-state index contributed by atoms with van der Waals surface area (Å²) in [4.78, 5) is 24.1. The molecule has 0 radical (unpaired) electrons. The lowest BCUT2D eigenvalue weighted by molar-refractivity contribution is -0.113. The van der Waals surface area contributed by atoms with Crippen LogP contribution in [-0.2, 0) is 26.2 Å². The summed E-state index contributed by atoms with van der Waals surface area (Å²) in [6.45, 7) is 0.107. The quantitative estimate of drug-likeness (QED) is 0.720. The smallest absolute Gasteiger partial charge is 0.338 e. The number of sulfonamides is 1. The van der Waals surface area contributed by atoms with Gasteiger partial charge in [-0.1, -0.05) is 53.5 Å². The van der Waals surface area contributed by atoms with Crippen molar-refractivity contribution in [2.24, 2.45) is 0 Å². The Morgan fingerprint density at radius 1 is 1.00 bits per heavy atom. The minimum atomic E-state index is -4.22. The van der Waals surface area contributed by atoms with Gasteiger partial charge < -0.3 is 4.74 Å². The molecule has 0 aromatic heterocycles. The summed E-state index contributed by atoms with van der Waals surface area (Å²) >= 11 is 11.2. The molecule has 26 heavy (non-hydrogen) atoms. The molecule has 1 amide bonds. The number of rotatable bonds is 4. The Balaban J connectivity index is 1.75. The minimum absolute atomic E-state index is 0.0170. The van der Waals surface area contributed by atoms with Crippen LogP contribution in [0.25, 0.3) is 0 Å². The Kier molecular flexibility index (Phi) is 5.04. The van der Waals surface area contributed by atoms with Crippen LogP contribution in [-0.4, -0.2) is 20.3 Å². The van der Waals surface area contributed by atoms with E-state index in [1.807, 2.05) is 30.3 Å². The maximum absolute atomic E-state index is 12.1. The molecule has 2 aromatic carbocycles. The summed E-state index contributed by atoms with van der Waals surface area (Å²) in [7, 11) is -4.22. The first-order chi connectivity index (χ1) is 12.3. The normalized spacial score (nSPS) is 16.1. The number of halogens is 2. The van der Waals surface area contributed by atoms with E-state index in [0.717, 1.165) is 5.56 Å². The van der Waals surface area contributed by atoms with Crippen LogP contribution in [0, 0.1) is 0 Å². The van der Waals surface area contributed by atoms with Gasteiger partial charge in [0.2, 0.25) is 0 Å². The highest BCUT2D eigenvalue weighted by Crippen LogP contribution is 2.36. The van der Waals surface area contributed by atoms with Crippen LogP contribution in [0.4, 0.5) is 5.69 Å². The lowest BCUT2D eigenvalue weighted by Gasteiger charge is -2.15. The summed E-state index contributed by atoms with van der Waals surface area (Å²) < 4.78 is 29.2. The highest BCUT2D eigenvalue weighted by atomic mass is 35.5. The maximum atomic E-state index is 12.1. The third-order valence-corrected chi connectivity index (χ3v) is 6.41. The lowest BCUT2D eigenvalue weighted by Crippen LogP contribution is -2.30. The van der Waals surface area contributed by atoms with Crippen LogP contribution in [0.3, 0.4) is 0 Å². The van der Waals surface area contributed by atoms with Gasteiger partial charge in [-0.25, -0.2) is 4.79 Å². The molecule has 3 rings (SSSR count). The van der Waals surface area contributed by atoms with E-state index in [-0.39, 0.29) is 17.9 Å². The predicted octanol–water partition coefficient (Wildman–Crippen LogP) is 3.37. The molecule has 0 aliphatic carbocycles. The van der Waals surface area contributed by atoms with Crippen molar-refractivity contribution in [3.63, 3.8) is 0 Å². The second-order valence-corrected chi connectivity index (χ2v) is 7.97. The van der Waals surface area contributed by atoms with Crippen LogP contribution in [0.1, 0.15) is 15.9 Å². The summed E-state index contributed by atoms with van der Waals surface area (Å²) in [5, 5.41) is -0.571. The Morgan fingerprint density at radius 2 is 1.62 bits per heavy atom. The van der Waals surface area contributed by atoms with Crippen molar-refractivity contribution in [3.05, 3.63) is 75.1 Å². The topological polar surface area (TPSA) is 80.8 Å². The molecule has 9 heteroatoms. The number of carbonyl (C=O) groups is 2. The first-order valence-electron chi connectivity index (χ1n) is 7.28. The molecule has 0 bridgehead atoms. The molecule has 0 unspecified atom stereocenters. The molecular formula is C17H11Cl2NO5S. The van der Waals surface area contributed by atoms with Gasteiger partial charge in [-0.15, -0.1) is 0 Å². The van der Waals surface area contributed by atoms with Gasteiger partial charge in [0, 0.05) is 0 Å². The van der Waals surface area contributed by atoms with E-state index >= 15 is 0 Å². The fourth-order valence-corrected chi connectivity index (χ4v) is 4.17. The monoisotopic (exact) mass is 411 g/mol. The van der Waals surface area contributed by atoms with Crippen molar-refractivity contribution in [1.29, 1.82) is 0 Å². The van der Waals surface area contributed by atoms with Crippen LogP contribution in [0.2, 0.25) is 0 Å². The van der Waals surface area contributed by atoms with Crippen LogP contribution in [0.5, 0.6) is 0 Å². The van der Waals surface area contributed by atoms with Gasteiger partial charge >= 0.3 is 5.97 Å². The first-order valence-corrected chi connectivity index (χ1v) is 9.48. The number of ether oxygens (including phenoxy) is 1. The van der Waals surface area contributed by atoms with Crippen LogP contribution < -0.4 is 4.31 Å². The van der Waals surface area contributed by atoms with E-state index in [0.29, 0.717) is 4.31 Å². The molecule has 1 heterocycles. The van der Waals surface area contributed by atoms with E-state index < -0.39 is 31.3 Å². The molecule has 0 saturated carbocycles. The third kappa shape index (κ3) is 3.33. The average molecular weight is 412 g/mol. The second kappa shape index (κ2) is 7.11. The molecular weight excluding hydrogens is 401 g/mol. The molecule has 134 valence electrons. The summed E-state index contributed by atoms with van der Waals surface area (Å²) in [5.41, 5.74) is 1.06. The molecule has 1 aliphatic heterocycles. The largest absolute Gasteiger partial charge is 0.457 e. The van der Waals surface area contributed by atoms with Crippen molar-refractivity contribution in [2.75, 3.05) is 4.31 Å². The average Bonchev–Trinajstić information content (AvgIpc) is 2.80. The zero-order chi connectivity index (χ0) is 18.9. The van der Waals surface area contributed by atoms with Crippen LogP contribution in [0.15, 0.2) is 64.0 Å². The Morgan fingerprint density at radius 3 is 2.15 bits per heavy atom. The summed E-state index contributed by atoms with van der Waals surface area (Å²) in [6, 6.07) is 14.5. The number of anilines is 1. The fourth-order valence-electron chi connectivity index (χ4n) is 2.27. The number of nitrogens with zero attached hydrogens (tertiary/aromatic N) is 1. The SMILES string of the molecule is O=C(OCc1ccccc1)c1ccc(N2C(=O)C(Cl)=C(Cl)S2(=O)=O)cc1. The van der Waals surface area contributed by atoms with Gasteiger partial charge in [-0.05, 0) is 29.8 Å². The highest BCUT2D eigenvalue weighted by molar-refractivity contribution is 7.99. The fraction of sp³-hybridized carbons (Fsp3) is 0.0588. The van der Waals surface area contributed by atoms with Gasteiger partial charge in [-0.2, -0.15) is 12.7 Å². The molecule has 2 aromatic rings. The molecule has 0 atom stereocenters. The number of carbonyl (C=O) groups excluding carboxylic acids is 2. The van der Waals surface area contributed by atoms with E-state index in [2.05, 4.69) is 0 Å². The van der Waals surface area contributed by atoms with Gasteiger partial charge in [0.05, 0.1) is 11.3 Å². The number of benzene rings is 2. The van der Waals surface area contributed by atoms with Gasteiger partial charge in [0.25, 0.3) is 15.9 Å². The molecule has 1 aliphatic rings. The van der Waals surface area contributed by atoms with Crippen molar-refractivity contribution < 1.29 is 22.7 Å². The van der Waals surface area contributed by atoms with E-state index in [4.69, 9.17) is 27.9 Å². The number of hydrogen-bond donors (Lipinski definition) is 0. The standard InChI is InChI=1S/C17H11Cl2NO5S/c18-14-15(19)26(23,24)20(16(14)21)13-8-6-12(7-9-13)17(22)25-10-11-4-2-1-3-5-11/h1-9H,10H2. The van der Waals surface area contributed by atoms with Crippen molar-refractivity contribution in [3.8, 4) is 0 Å². The number of amides is 1. The molecule has 0 N–H and O–H groups in total. The molecule has 6 nitrogen and oxygen atoms in total. The van der Waals surface area contributed by atoms with Crippen molar-refractivity contribution in [1.82, 2.24) is 0 Å². The zero-order valence-electron chi connectivity index (χ0n) is 13.1. The molecule has 0 spiro atoms. The van der Waals surface area contributed by atoms with Gasteiger partial charge in [-0.3, -0.25) is 4.79 Å². The van der Waals surface area contributed by atoms with Crippen molar-refractivity contribution >= 4 is 50.8 Å². The maximum Gasteiger partial charge on any atom is 0.338 e. The van der Waals surface area contributed by atoms with Gasteiger partial charge in [0.15, 0.2) is 4.36 Å².